The smallest absolute Gasteiger partial charge is 0.328 e. The first kappa shape index (κ1) is 16.9. The summed E-state index contributed by atoms with van der Waals surface area (Å²) in [5, 5.41) is 11.9. The molecule has 2 heterocycles. The van der Waals surface area contributed by atoms with Crippen molar-refractivity contribution in [2.45, 2.75) is 19.9 Å². The number of nitrogens with zero attached hydrogens (tertiary/aromatic N) is 1. The first-order valence-electron chi connectivity index (χ1n) is 7.66. The largest absolute Gasteiger partial charge is 0.494 e. The predicted molar refractivity (Wildman–Crippen MR) is 98.9 cm³/mol. The van der Waals surface area contributed by atoms with E-state index in [1.54, 1.807) is 18.3 Å². The van der Waals surface area contributed by atoms with Crippen LogP contribution in [0.5, 0.6) is 5.88 Å². The normalized spacial score (nSPS) is 13.0. The molecule has 7 heteroatoms. The van der Waals surface area contributed by atoms with Gasteiger partial charge in [-0.15, -0.1) is 11.3 Å². The number of hydrogen-bond donors (Lipinski definition) is 3. The monoisotopic (exact) mass is 355 g/mol. The minimum atomic E-state index is -0.757. The van der Waals surface area contributed by atoms with Crippen molar-refractivity contribution >= 4 is 17.0 Å². The van der Waals surface area contributed by atoms with Gasteiger partial charge in [-0.1, -0.05) is 35.9 Å². The SMILES string of the molecule is CC(=N[C@@H](c1ccc(C)cc1)c1cccs1)c1c(O)[nH]c(=O)[nH]c1=O. The Balaban J connectivity index is 2.12. The second kappa shape index (κ2) is 6.90. The molecule has 25 heavy (non-hydrogen) atoms. The molecule has 0 aliphatic rings. The van der Waals surface area contributed by atoms with Crippen molar-refractivity contribution in [1.82, 2.24) is 9.97 Å². The van der Waals surface area contributed by atoms with Crippen LogP contribution in [-0.4, -0.2) is 20.8 Å². The van der Waals surface area contributed by atoms with E-state index in [9.17, 15) is 14.7 Å². The van der Waals surface area contributed by atoms with Crippen LogP contribution in [0.3, 0.4) is 0 Å². The summed E-state index contributed by atoms with van der Waals surface area (Å²) >= 11 is 1.56. The number of rotatable bonds is 4. The molecule has 1 atom stereocenters. The number of hydrogen-bond acceptors (Lipinski definition) is 5. The third-order valence-corrected chi connectivity index (χ3v) is 4.74. The molecule has 0 aliphatic carbocycles. The molecule has 0 radical (unpaired) electrons. The zero-order chi connectivity index (χ0) is 18.0. The van der Waals surface area contributed by atoms with Crippen LogP contribution in [0.4, 0.5) is 0 Å². The number of thiophene rings is 1. The molecule has 0 unspecified atom stereocenters. The highest BCUT2D eigenvalue weighted by molar-refractivity contribution is 7.10. The molecular formula is C18H17N3O3S. The van der Waals surface area contributed by atoms with E-state index in [0.29, 0.717) is 5.71 Å². The number of aromatic nitrogens is 2. The molecular weight excluding hydrogens is 338 g/mol. The lowest BCUT2D eigenvalue weighted by molar-refractivity contribution is 0.447. The Kier molecular flexibility index (Phi) is 4.67. The molecule has 0 fully saturated rings. The molecule has 0 bridgehead atoms. The fourth-order valence-electron chi connectivity index (χ4n) is 2.57. The molecule has 2 aromatic heterocycles. The summed E-state index contributed by atoms with van der Waals surface area (Å²) in [6, 6.07) is 11.6. The summed E-state index contributed by atoms with van der Waals surface area (Å²) in [6.45, 7) is 3.65. The van der Waals surface area contributed by atoms with Crippen LogP contribution >= 0.6 is 11.3 Å². The van der Waals surface area contributed by atoms with E-state index in [1.807, 2.05) is 48.7 Å². The van der Waals surface area contributed by atoms with E-state index >= 15 is 0 Å². The molecule has 0 saturated carbocycles. The summed E-state index contributed by atoms with van der Waals surface area (Å²) in [5.41, 5.74) is 1.00. The van der Waals surface area contributed by atoms with Crippen LogP contribution in [0.2, 0.25) is 0 Å². The van der Waals surface area contributed by atoms with Gasteiger partial charge in [-0.3, -0.25) is 19.8 Å². The Labute approximate surface area is 147 Å². The van der Waals surface area contributed by atoms with Crippen molar-refractivity contribution in [3.05, 3.63) is 84.2 Å². The maximum atomic E-state index is 12.0. The second-order valence-corrected chi connectivity index (χ2v) is 6.65. The standard InChI is InChI=1S/C18H17N3O3S/c1-10-5-7-12(8-6-10)15(13-4-3-9-25-13)19-11(2)14-16(22)20-18(24)21-17(14)23/h3-9,15H,1-2H3,(H3,20,21,22,23,24)/t15-/m0/s1. The third kappa shape index (κ3) is 3.61. The summed E-state index contributed by atoms with van der Waals surface area (Å²) in [4.78, 5) is 33.3. The maximum Gasteiger partial charge on any atom is 0.328 e. The molecule has 6 nitrogen and oxygen atoms in total. The van der Waals surface area contributed by atoms with E-state index in [0.717, 1.165) is 16.0 Å². The molecule has 0 spiro atoms. The first-order chi connectivity index (χ1) is 12.0. The van der Waals surface area contributed by atoms with Crippen molar-refractivity contribution in [2.75, 3.05) is 0 Å². The summed E-state index contributed by atoms with van der Waals surface area (Å²) in [6.07, 6.45) is 0. The molecule has 0 aliphatic heterocycles. The minimum absolute atomic E-state index is 0.0340. The Bertz CT molecular complexity index is 1010. The van der Waals surface area contributed by atoms with E-state index in [4.69, 9.17) is 0 Å². The molecule has 3 aromatic rings. The quantitative estimate of drug-likeness (QED) is 0.628. The molecule has 128 valence electrons. The highest BCUT2D eigenvalue weighted by Gasteiger charge is 2.18. The van der Waals surface area contributed by atoms with Crippen molar-refractivity contribution in [3.8, 4) is 5.88 Å². The second-order valence-electron chi connectivity index (χ2n) is 5.68. The van der Waals surface area contributed by atoms with Crippen molar-refractivity contribution in [1.29, 1.82) is 0 Å². The minimum Gasteiger partial charge on any atom is -0.494 e. The van der Waals surface area contributed by atoms with Crippen LogP contribution in [0.15, 0.2) is 56.4 Å². The average Bonchev–Trinajstić information content (AvgIpc) is 3.06. The fourth-order valence-corrected chi connectivity index (χ4v) is 3.36. The van der Waals surface area contributed by atoms with Crippen LogP contribution in [0, 0.1) is 6.92 Å². The maximum absolute atomic E-state index is 12.0. The number of aryl methyl sites for hydroxylation is 1. The topological polar surface area (TPSA) is 98.3 Å². The number of aromatic amines is 2. The zero-order valence-electron chi connectivity index (χ0n) is 13.7. The zero-order valence-corrected chi connectivity index (χ0v) is 14.6. The Morgan fingerprint density at radius 3 is 2.48 bits per heavy atom. The molecule has 3 rings (SSSR count). The molecule has 0 amide bonds. The number of aliphatic imine (C=N–C) groups is 1. The summed E-state index contributed by atoms with van der Waals surface area (Å²) < 4.78 is 0. The van der Waals surface area contributed by atoms with Gasteiger partial charge in [0.2, 0.25) is 5.88 Å². The van der Waals surface area contributed by atoms with E-state index < -0.39 is 17.1 Å². The number of nitrogens with one attached hydrogen (secondary N) is 2. The highest BCUT2D eigenvalue weighted by Crippen LogP contribution is 2.30. The van der Waals surface area contributed by atoms with Gasteiger partial charge in [0.25, 0.3) is 5.56 Å². The molecule has 3 N–H and O–H groups in total. The van der Waals surface area contributed by atoms with Gasteiger partial charge in [0.15, 0.2) is 0 Å². The predicted octanol–water partition coefficient (Wildman–Crippen LogP) is 2.74. The number of aromatic hydroxyl groups is 1. The van der Waals surface area contributed by atoms with Crippen LogP contribution in [-0.2, 0) is 0 Å². The lowest BCUT2D eigenvalue weighted by atomic mass is 10.0. The fraction of sp³-hybridized carbons (Fsp3) is 0.167. The van der Waals surface area contributed by atoms with E-state index in [-0.39, 0.29) is 11.6 Å². The van der Waals surface area contributed by atoms with Gasteiger partial charge in [-0.2, -0.15) is 0 Å². The van der Waals surface area contributed by atoms with Gasteiger partial charge >= 0.3 is 5.69 Å². The van der Waals surface area contributed by atoms with Crippen LogP contribution < -0.4 is 11.2 Å². The number of benzene rings is 1. The molecule has 0 saturated heterocycles. The highest BCUT2D eigenvalue weighted by atomic mass is 32.1. The Morgan fingerprint density at radius 1 is 1.16 bits per heavy atom. The van der Waals surface area contributed by atoms with Crippen LogP contribution in [0.1, 0.15) is 34.5 Å². The lowest BCUT2D eigenvalue weighted by Crippen LogP contribution is -2.27. The molecule has 1 aromatic carbocycles. The van der Waals surface area contributed by atoms with Gasteiger partial charge in [-0.05, 0) is 30.9 Å². The Morgan fingerprint density at radius 2 is 1.88 bits per heavy atom. The van der Waals surface area contributed by atoms with Crippen molar-refractivity contribution < 1.29 is 5.11 Å². The summed E-state index contributed by atoms with van der Waals surface area (Å²) in [5.74, 6) is -0.483. The van der Waals surface area contributed by atoms with Crippen molar-refractivity contribution in [3.63, 3.8) is 0 Å². The van der Waals surface area contributed by atoms with Gasteiger partial charge < -0.3 is 5.11 Å². The van der Waals surface area contributed by atoms with Crippen molar-refractivity contribution in [2.24, 2.45) is 4.99 Å². The number of H-pyrrole nitrogens is 2. The van der Waals surface area contributed by atoms with Gasteiger partial charge in [0.1, 0.15) is 11.6 Å². The van der Waals surface area contributed by atoms with Gasteiger partial charge in [0.05, 0.1) is 5.71 Å². The average molecular weight is 355 g/mol. The van der Waals surface area contributed by atoms with Crippen LogP contribution in [0.25, 0.3) is 0 Å². The van der Waals surface area contributed by atoms with E-state index in [2.05, 4.69) is 15.0 Å². The Hall–Kier alpha value is -2.93. The van der Waals surface area contributed by atoms with Gasteiger partial charge in [0, 0.05) is 4.88 Å². The lowest BCUT2D eigenvalue weighted by Gasteiger charge is -2.14. The van der Waals surface area contributed by atoms with Gasteiger partial charge in [-0.25, -0.2) is 4.79 Å². The summed E-state index contributed by atoms with van der Waals surface area (Å²) in [7, 11) is 0. The first-order valence-corrected chi connectivity index (χ1v) is 8.54. The van der Waals surface area contributed by atoms with E-state index in [1.165, 1.54) is 0 Å². The third-order valence-electron chi connectivity index (χ3n) is 3.81.